The van der Waals surface area contributed by atoms with Gasteiger partial charge in [-0.3, -0.25) is 0 Å². The standard InChI is InChI=1S/C23H20N4O2S/c1-28-10-11-29-18-5-2-15(3-6-18)21-13-20-22(30-21)23(26-14-25-20)27-17-4-7-19-16(12-17)8-9-24-19/h2-9,12-14,24H,10-11H2,1H3,(H,25,26,27). The maximum atomic E-state index is 5.65. The number of methoxy groups -OCH3 is 1. The van der Waals surface area contributed by atoms with Crippen molar-refractivity contribution in [3.63, 3.8) is 0 Å². The minimum atomic E-state index is 0.540. The molecule has 0 amide bonds. The highest BCUT2D eigenvalue weighted by Gasteiger charge is 2.11. The SMILES string of the molecule is COCCOc1ccc(-c2cc3ncnc(Nc4ccc5[nH]ccc5c4)c3s2)cc1. The molecule has 0 aliphatic carbocycles. The van der Waals surface area contributed by atoms with Gasteiger partial charge >= 0.3 is 0 Å². The van der Waals surface area contributed by atoms with Crippen molar-refractivity contribution in [1.82, 2.24) is 15.0 Å². The van der Waals surface area contributed by atoms with Crippen LogP contribution in [0.15, 0.2) is 67.1 Å². The van der Waals surface area contributed by atoms with Crippen molar-refractivity contribution < 1.29 is 9.47 Å². The molecule has 0 spiro atoms. The van der Waals surface area contributed by atoms with E-state index in [0.717, 1.165) is 48.8 Å². The normalized spacial score (nSPS) is 11.2. The molecule has 2 aromatic carbocycles. The van der Waals surface area contributed by atoms with Gasteiger partial charge in [-0.05, 0) is 60.2 Å². The number of nitrogens with zero attached hydrogens (tertiary/aromatic N) is 2. The fourth-order valence-corrected chi connectivity index (χ4v) is 4.37. The number of ether oxygens (including phenoxy) is 2. The molecule has 0 fully saturated rings. The van der Waals surface area contributed by atoms with Crippen LogP contribution in [-0.2, 0) is 4.74 Å². The summed E-state index contributed by atoms with van der Waals surface area (Å²) in [6.07, 6.45) is 3.54. The maximum absolute atomic E-state index is 5.65. The first-order valence-electron chi connectivity index (χ1n) is 9.61. The Kier molecular flexibility index (Phi) is 5.04. The van der Waals surface area contributed by atoms with E-state index in [1.165, 1.54) is 0 Å². The van der Waals surface area contributed by atoms with Crippen LogP contribution >= 0.6 is 11.3 Å². The first-order chi connectivity index (χ1) is 14.8. The summed E-state index contributed by atoms with van der Waals surface area (Å²) in [6.45, 7) is 1.11. The molecule has 150 valence electrons. The lowest BCUT2D eigenvalue weighted by Crippen LogP contribution is -2.03. The molecule has 0 unspecified atom stereocenters. The van der Waals surface area contributed by atoms with E-state index in [0.29, 0.717) is 13.2 Å². The third-order valence-corrected chi connectivity index (χ3v) is 6.00. The summed E-state index contributed by atoms with van der Waals surface area (Å²) in [7, 11) is 1.67. The number of benzene rings is 2. The Morgan fingerprint density at radius 1 is 1.00 bits per heavy atom. The molecule has 0 saturated heterocycles. The topological polar surface area (TPSA) is 72.1 Å². The Bertz CT molecular complexity index is 1290. The van der Waals surface area contributed by atoms with Gasteiger partial charge in [0.15, 0.2) is 5.82 Å². The van der Waals surface area contributed by atoms with Crippen LogP contribution in [0.3, 0.4) is 0 Å². The van der Waals surface area contributed by atoms with Gasteiger partial charge < -0.3 is 19.8 Å². The van der Waals surface area contributed by atoms with E-state index in [2.05, 4.69) is 56.7 Å². The van der Waals surface area contributed by atoms with Crippen molar-refractivity contribution in [2.45, 2.75) is 0 Å². The van der Waals surface area contributed by atoms with Crippen LogP contribution < -0.4 is 10.1 Å². The van der Waals surface area contributed by atoms with Crippen LogP contribution in [0.1, 0.15) is 0 Å². The predicted octanol–water partition coefficient (Wildman–Crippen LogP) is 5.61. The average Bonchev–Trinajstić information content (AvgIpc) is 3.41. The number of rotatable bonds is 7. The summed E-state index contributed by atoms with van der Waals surface area (Å²) < 4.78 is 11.7. The molecular weight excluding hydrogens is 396 g/mol. The molecule has 0 aliphatic rings. The monoisotopic (exact) mass is 416 g/mol. The molecule has 0 saturated carbocycles. The van der Waals surface area contributed by atoms with Gasteiger partial charge in [0.25, 0.3) is 0 Å². The predicted molar refractivity (Wildman–Crippen MR) is 122 cm³/mol. The first kappa shape index (κ1) is 18.6. The van der Waals surface area contributed by atoms with Gasteiger partial charge in [-0.15, -0.1) is 11.3 Å². The van der Waals surface area contributed by atoms with E-state index >= 15 is 0 Å². The maximum Gasteiger partial charge on any atom is 0.151 e. The van der Waals surface area contributed by atoms with Crippen molar-refractivity contribution in [2.24, 2.45) is 0 Å². The highest BCUT2D eigenvalue weighted by atomic mass is 32.1. The fourth-order valence-electron chi connectivity index (χ4n) is 3.31. The first-order valence-corrected chi connectivity index (χ1v) is 10.4. The molecular formula is C23H20N4O2S. The van der Waals surface area contributed by atoms with Crippen LogP contribution in [0, 0.1) is 0 Å². The van der Waals surface area contributed by atoms with Gasteiger partial charge in [-0.1, -0.05) is 0 Å². The summed E-state index contributed by atoms with van der Waals surface area (Å²) in [4.78, 5) is 13.3. The Labute approximate surface area is 177 Å². The van der Waals surface area contributed by atoms with Crippen molar-refractivity contribution in [2.75, 3.05) is 25.6 Å². The third-order valence-electron chi connectivity index (χ3n) is 4.82. The Hall–Kier alpha value is -3.42. The number of fused-ring (bicyclic) bond motifs is 2. The molecule has 3 aromatic heterocycles. The van der Waals surface area contributed by atoms with Gasteiger partial charge in [-0.25, -0.2) is 9.97 Å². The van der Waals surface area contributed by atoms with Crippen molar-refractivity contribution >= 4 is 44.0 Å². The number of anilines is 2. The molecule has 5 aromatic rings. The average molecular weight is 417 g/mol. The zero-order valence-electron chi connectivity index (χ0n) is 16.4. The van der Waals surface area contributed by atoms with E-state index in [1.54, 1.807) is 24.8 Å². The van der Waals surface area contributed by atoms with Gasteiger partial charge in [-0.2, -0.15) is 0 Å². The summed E-state index contributed by atoms with van der Waals surface area (Å²) in [5, 5.41) is 4.60. The molecule has 3 heterocycles. The lowest BCUT2D eigenvalue weighted by molar-refractivity contribution is 0.146. The molecule has 0 bridgehead atoms. The largest absolute Gasteiger partial charge is 0.491 e. The van der Waals surface area contributed by atoms with Crippen molar-refractivity contribution in [3.8, 4) is 16.2 Å². The van der Waals surface area contributed by atoms with Crippen molar-refractivity contribution in [1.29, 1.82) is 0 Å². The zero-order valence-corrected chi connectivity index (χ0v) is 17.2. The Morgan fingerprint density at radius 3 is 2.77 bits per heavy atom. The van der Waals surface area contributed by atoms with E-state index < -0.39 is 0 Å². The molecule has 2 N–H and O–H groups in total. The van der Waals surface area contributed by atoms with E-state index in [1.807, 2.05) is 24.4 Å². The molecule has 7 heteroatoms. The second-order valence-electron chi connectivity index (χ2n) is 6.82. The van der Waals surface area contributed by atoms with Gasteiger partial charge in [0, 0.05) is 34.8 Å². The van der Waals surface area contributed by atoms with E-state index in [-0.39, 0.29) is 0 Å². The number of hydrogen-bond acceptors (Lipinski definition) is 6. The molecule has 0 radical (unpaired) electrons. The number of thiophene rings is 1. The number of hydrogen-bond donors (Lipinski definition) is 2. The van der Waals surface area contributed by atoms with Gasteiger partial charge in [0.1, 0.15) is 18.7 Å². The van der Waals surface area contributed by atoms with Crippen LogP contribution in [-0.4, -0.2) is 35.3 Å². The number of nitrogens with one attached hydrogen (secondary N) is 2. The van der Waals surface area contributed by atoms with Gasteiger partial charge in [0.2, 0.25) is 0 Å². The minimum Gasteiger partial charge on any atom is -0.491 e. The number of aromatic nitrogens is 3. The number of H-pyrrole nitrogens is 1. The van der Waals surface area contributed by atoms with Crippen LogP contribution in [0.5, 0.6) is 5.75 Å². The second-order valence-corrected chi connectivity index (χ2v) is 7.87. The van der Waals surface area contributed by atoms with Crippen LogP contribution in [0.2, 0.25) is 0 Å². The smallest absolute Gasteiger partial charge is 0.151 e. The molecule has 6 nitrogen and oxygen atoms in total. The van der Waals surface area contributed by atoms with Crippen molar-refractivity contribution in [3.05, 3.63) is 67.1 Å². The summed E-state index contributed by atoms with van der Waals surface area (Å²) in [5.74, 6) is 1.64. The summed E-state index contributed by atoms with van der Waals surface area (Å²) >= 11 is 1.67. The Balaban J connectivity index is 1.42. The van der Waals surface area contributed by atoms with Gasteiger partial charge in [0.05, 0.1) is 16.8 Å². The lowest BCUT2D eigenvalue weighted by atomic mass is 10.2. The Morgan fingerprint density at radius 2 is 1.90 bits per heavy atom. The molecule has 30 heavy (non-hydrogen) atoms. The molecule has 0 atom stereocenters. The van der Waals surface area contributed by atoms with Crippen LogP contribution in [0.25, 0.3) is 31.6 Å². The zero-order chi connectivity index (χ0) is 20.3. The van der Waals surface area contributed by atoms with Crippen LogP contribution in [0.4, 0.5) is 11.5 Å². The minimum absolute atomic E-state index is 0.540. The fraction of sp³-hybridized carbons (Fsp3) is 0.130. The second kappa shape index (κ2) is 8.14. The highest BCUT2D eigenvalue weighted by molar-refractivity contribution is 7.22. The van der Waals surface area contributed by atoms with E-state index in [9.17, 15) is 0 Å². The number of aromatic amines is 1. The lowest BCUT2D eigenvalue weighted by Gasteiger charge is -2.06. The molecule has 0 aliphatic heterocycles. The summed E-state index contributed by atoms with van der Waals surface area (Å²) in [6, 6.07) is 18.5. The molecule has 5 rings (SSSR count). The van der Waals surface area contributed by atoms with E-state index in [4.69, 9.17) is 9.47 Å². The third kappa shape index (κ3) is 3.72. The summed E-state index contributed by atoms with van der Waals surface area (Å²) in [5.41, 5.74) is 4.16. The quantitative estimate of drug-likeness (QED) is 0.338. The highest BCUT2D eigenvalue weighted by Crippen LogP contribution is 2.37.